The number of thiazole rings is 1. The molecule has 4 rings (SSSR count). The van der Waals surface area contributed by atoms with Crippen LogP contribution in [0.1, 0.15) is 21.9 Å². The molecule has 2 aromatic carbocycles. The molecule has 180 valence electrons. The van der Waals surface area contributed by atoms with E-state index in [9.17, 15) is 22.8 Å². The maximum Gasteiger partial charge on any atom is 0.573 e. The molecule has 0 aliphatic carbocycles. The van der Waals surface area contributed by atoms with E-state index in [2.05, 4.69) is 35.8 Å². The highest BCUT2D eigenvalue weighted by atomic mass is 32.1. The van der Waals surface area contributed by atoms with Crippen molar-refractivity contribution >= 4 is 34.0 Å². The fraction of sp³-hybridized carbons (Fsp3) is 0.143. The zero-order chi connectivity index (χ0) is 25.0. The first-order valence-corrected chi connectivity index (χ1v) is 10.8. The molecule has 0 bridgehead atoms. The van der Waals surface area contributed by atoms with Crippen molar-refractivity contribution in [3.63, 3.8) is 0 Å². The van der Waals surface area contributed by atoms with Gasteiger partial charge in [-0.15, -0.1) is 39.5 Å². The van der Waals surface area contributed by atoms with Crippen molar-refractivity contribution in [3.05, 3.63) is 71.0 Å². The molecule has 0 aliphatic rings. The number of tetrazole rings is 1. The lowest BCUT2D eigenvalue weighted by Crippen LogP contribution is -2.17. The predicted octanol–water partition coefficient (Wildman–Crippen LogP) is 3.76. The summed E-state index contributed by atoms with van der Waals surface area (Å²) in [5.41, 5.74) is 2.28. The van der Waals surface area contributed by atoms with Gasteiger partial charge in [-0.3, -0.25) is 9.59 Å². The number of alkyl halides is 3. The number of aromatic nitrogens is 5. The summed E-state index contributed by atoms with van der Waals surface area (Å²) in [5, 5.41) is 19.1. The summed E-state index contributed by atoms with van der Waals surface area (Å²) in [4.78, 5) is 29.8. The van der Waals surface area contributed by atoms with Gasteiger partial charge in [-0.05, 0) is 54.1 Å². The Balaban J connectivity index is 1.33. The monoisotopic (exact) mass is 503 g/mol. The van der Waals surface area contributed by atoms with E-state index >= 15 is 0 Å². The quantitative estimate of drug-likeness (QED) is 0.394. The van der Waals surface area contributed by atoms with Crippen molar-refractivity contribution < 1.29 is 27.5 Å². The van der Waals surface area contributed by atoms with Gasteiger partial charge < -0.3 is 15.4 Å². The first-order chi connectivity index (χ1) is 16.6. The molecule has 0 saturated heterocycles. The van der Waals surface area contributed by atoms with Crippen LogP contribution < -0.4 is 15.4 Å². The summed E-state index contributed by atoms with van der Waals surface area (Å²) in [6, 6.07) is 11.4. The Kier molecular flexibility index (Phi) is 6.73. The molecular formula is C21H16F3N7O3S. The van der Waals surface area contributed by atoms with Crippen molar-refractivity contribution in [2.24, 2.45) is 0 Å². The summed E-state index contributed by atoms with van der Waals surface area (Å²) in [6.45, 7) is 1.84. The minimum atomic E-state index is -4.80. The van der Waals surface area contributed by atoms with Crippen molar-refractivity contribution in [2.75, 3.05) is 10.6 Å². The van der Waals surface area contributed by atoms with Gasteiger partial charge in [0.15, 0.2) is 5.13 Å². The van der Waals surface area contributed by atoms with E-state index in [1.54, 1.807) is 24.3 Å². The molecule has 4 aromatic rings. The van der Waals surface area contributed by atoms with E-state index in [0.717, 1.165) is 28.2 Å². The van der Waals surface area contributed by atoms with Gasteiger partial charge in [-0.1, -0.05) is 12.1 Å². The van der Waals surface area contributed by atoms with Crippen LogP contribution >= 0.6 is 11.3 Å². The molecule has 10 nitrogen and oxygen atoms in total. The number of ether oxygens (including phenoxy) is 1. The number of nitrogens with zero attached hydrogens (tertiary/aromatic N) is 5. The smallest absolute Gasteiger partial charge is 0.406 e. The first-order valence-electron chi connectivity index (χ1n) is 9.93. The second-order valence-electron chi connectivity index (χ2n) is 7.11. The molecule has 14 heteroatoms. The van der Waals surface area contributed by atoms with Crippen LogP contribution in [0.5, 0.6) is 5.75 Å². The SMILES string of the molecule is Cc1csc(NC(=O)Cc2ccc(NC(=O)c3nnn(-c4ccc(OC(F)(F)F)cc4)n3)cc2)n1. The lowest BCUT2D eigenvalue weighted by molar-refractivity contribution is -0.274. The molecule has 35 heavy (non-hydrogen) atoms. The maximum atomic E-state index is 12.4. The fourth-order valence-corrected chi connectivity index (χ4v) is 3.55. The van der Waals surface area contributed by atoms with Gasteiger partial charge in [0, 0.05) is 11.1 Å². The molecule has 0 atom stereocenters. The van der Waals surface area contributed by atoms with Crippen LogP contribution in [0.4, 0.5) is 24.0 Å². The van der Waals surface area contributed by atoms with Crippen LogP contribution in [0, 0.1) is 6.92 Å². The van der Waals surface area contributed by atoms with Gasteiger partial charge in [0.2, 0.25) is 5.91 Å². The van der Waals surface area contributed by atoms with Crippen LogP contribution in [-0.4, -0.2) is 43.4 Å². The minimum absolute atomic E-state index is 0.134. The van der Waals surface area contributed by atoms with Crippen LogP contribution in [0.3, 0.4) is 0 Å². The summed E-state index contributed by atoms with van der Waals surface area (Å²) in [7, 11) is 0. The third kappa shape index (κ3) is 6.60. The van der Waals surface area contributed by atoms with Crippen molar-refractivity contribution in [3.8, 4) is 11.4 Å². The molecule has 2 heterocycles. The predicted molar refractivity (Wildman–Crippen MR) is 119 cm³/mol. The molecule has 2 amide bonds. The summed E-state index contributed by atoms with van der Waals surface area (Å²) >= 11 is 1.34. The molecule has 0 fully saturated rings. The van der Waals surface area contributed by atoms with Gasteiger partial charge >= 0.3 is 6.36 Å². The molecular weight excluding hydrogens is 487 g/mol. The number of aryl methyl sites for hydroxylation is 1. The van der Waals surface area contributed by atoms with Crippen molar-refractivity contribution in [2.45, 2.75) is 19.7 Å². The second kappa shape index (κ2) is 9.89. The van der Waals surface area contributed by atoms with E-state index in [1.165, 1.54) is 23.5 Å². The number of carbonyl (C=O) groups is 2. The molecule has 0 radical (unpaired) electrons. The largest absolute Gasteiger partial charge is 0.573 e. The van der Waals surface area contributed by atoms with E-state index in [4.69, 9.17) is 0 Å². The van der Waals surface area contributed by atoms with Crippen molar-refractivity contribution in [1.82, 2.24) is 25.2 Å². The number of hydrogen-bond acceptors (Lipinski definition) is 8. The minimum Gasteiger partial charge on any atom is -0.406 e. The van der Waals surface area contributed by atoms with Gasteiger partial charge in [0.1, 0.15) is 5.75 Å². The Labute approximate surface area is 199 Å². The number of nitrogens with one attached hydrogen (secondary N) is 2. The standard InChI is InChI=1S/C21H16F3N7O3S/c1-12-11-35-20(25-12)27-17(32)10-13-2-4-14(5-3-13)26-19(33)18-28-30-31(29-18)15-6-8-16(9-7-15)34-21(22,23)24/h2-9,11H,10H2,1H3,(H,26,33)(H,25,27,32). The van der Waals surface area contributed by atoms with Crippen LogP contribution in [0.2, 0.25) is 0 Å². The lowest BCUT2D eigenvalue weighted by atomic mass is 10.1. The number of carbonyl (C=O) groups excluding carboxylic acids is 2. The Morgan fingerprint density at radius 2 is 1.77 bits per heavy atom. The normalized spacial score (nSPS) is 11.2. The number of hydrogen-bond donors (Lipinski definition) is 2. The fourth-order valence-electron chi connectivity index (χ4n) is 2.85. The van der Waals surface area contributed by atoms with Crippen molar-refractivity contribution in [1.29, 1.82) is 0 Å². The Morgan fingerprint density at radius 1 is 1.06 bits per heavy atom. The zero-order valence-electron chi connectivity index (χ0n) is 17.9. The van der Waals surface area contributed by atoms with Gasteiger partial charge in [-0.2, -0.15) is 0 Å². The maximum absolute atomic E-state index is 12.4. The molecule has 0 saturated carbocycles. The van der Waals surface area contributed by atoms with Crippen LogP contribution in [-0.2, 0) is 11.2 Å². The highest BCUT2D eigenvalue weighted by Crippen LogP contribution is 2.23. The van der Waals surface area contributed by atoms with Gasteiger partial charge in [0.25, 0.3) is 11.7 Å². The molecule has 2 aromatic heterocycles. The average Bonchev–Trinajstić information content (AvgIpc) is 3.44. The Morgan fingerprint density at radius 3 is 2.40 bits per heavy atom. The first kappa shape index (κ1) is 23.8. The number of halogens is 3. The molecule has 0 aliphatic heterocycles. The van der Waals surface area contributed by atoms with Gasteiger partial charge in [-0.25, -0.2) is 4.98 Å². The number of rotatable bonds is 7. The number of amides is 2. The summed E-state index contributed by atoms with van der Waals surface area (Å²) < 4.78 is 40.6. The van der Waals surface area contributed by atoms with E-state index < -0.39 is 18.0 Å². The molecule has 0 unspecified atom stereocenters. The topological polar surface area (TPSA) is 124 Å². The molecule has 2 N–H and O–H groups in total. The van der Waals surface area contributed by atoms with E-state index in [-0.39, 0.29) is 23.8 Å². The van der Waals surface area contributed by atoms with E-state index in [0.29, 0.717) is 10.8 Å². The number of benzene rings is 2. The molecule has 0 spiro atoms. The third-order valence-corrected chi connectivity index (χ3v) is 5.24. The third-order valence-electron chi connectivity index (χ3n) is 4.36. The zero-order valence-corrected chi connectivity index (χ0v) is 18.7. The summed E-state index contributed by atoms with van der Waals surface area (Å²) in [5.74, 6) is -1.51. The second-order valence-corrected chi connectivity index (χ2v) is 7.97. The van der Waals surface area contributed by atoms with Crippen LogP contribution in [0.25, 0.3) is 5.69 Å². The lowest BCUT2D eigenvalue weighted by Gasteiger charge is -2.08. The summed E-state index contributed by atoms with van der Waals surface area (Å²) in [6.07, 6.45) is -4.67. The van der Waals surface area contributed by atoms with Gasteiger partial charge in [0.05, 0.1) is 17.8 Å². The highest BCUT2D eigenvalue weighted by Gasteiger charge is 2.31. The van der Waals surface area contributed by atoms with Crippen LogP contribution in [0.15, 0.2) is 53.9 Å². The Bertz CT molecular complexity index is 1340. The number of anilines is 2. The van der Waals surface area contributed by atoms with E-state index in [1.807, 2.05) is 12.3 Å². The Hall–Kier alpha value is -4.33. The highest BCUT2D eigenvalue weighted by molar-refractivity contribution is 7.13. The average molecular weight is 503 g/mol.